The maximum atomic E-state index is 9.55. The van der Waals surface area contributed by atoms with E-state index < -0.39 is 11.9 Å². The Bertz CT molecular complexity index is 1030. The number of benzene rings is 1. The predicted molar refractivity (Wildman–Crippen MR) is 115 cm³/mol. The van der Waals surface area contributed by atoms with Gasteiger partial charge in [-0.2, -0.15) is 0 Å². The van der Waals surface area contributed by atoms with Crippen LogP contribution < -0.4 is 5.32 Å². The fourth-order valence-corrected chi connectivity index (χ4v) is 2.93. The van der Waals surface area contributed by atoms with Crippen LogP contribution in [0.2, 0.25) is 5.02 Å². The number of hydrogen-bond donors (Lipinski definition) is 3. The number of hydrogen-bond acceptors (Lipinski definition) is 7. The Kier molecular flexibility index (Phi) is 8.57. The van der Waals surface area contributed by atoms with Crippen LogP contribution in [-0.2, 0) is 9.59 Å². The summed E-state index contributed by atoms with van der Waals surface area (Å²) in [6.07, 6.45) is 1.12. The maximum Gasteiger partial charge on any atom is 0.328 e. The Morgan fingerprint density at radius 3 is 2.40 bits per heavy atom. The van der Waals surface area contributed by atoms with Gasteiger partial charge in [-0.1, -0.05) is 31.5 Å². The van der Waals surface area contributed by atoms with E-state index in [0.29, 0.717) is 28.3 Å². The number of furan rings is 1. The van der Waals surface area contributed by atoms with Crippen LogP contribution in [0.1, 0.15) is 13.8 Å². The quantitative estimate of drug-likeness (QED) is 0.456. The summed E-state index contributed by atoms with van der Waals surface area (Å²) in [7, 11) is 0. The molecule has 0 atom stereocenters. The van der Waals surface area contributed by atoms with Crippen LogP contribution in [0.5, 0.6) is 0 Å². The van der Waals surface area contributed by atoms with Crippen LogP contribution in [0.3, 0.4) is 0 Å². The summed E-state index contributed by atoms with van der Waals surface area (Å²) >= 11 is 6.22. The van der Waals surface area contributed by atoms with E-state index in [1.165, 1.54) is 0 Å². The third-order valence-corrected chi connectivity index (χ3v) is 4.50. The summed E-state index contributed by atoms with van der Waals surface area (Å²) in [5, 5.41) is 28.8. The smallest absolute Gasteiger partial charge is 0.328 e. The van der Waals surface area contributed by atoms with Crippen LogP contribution in [-0.4, -0.2) is 63.4 Å². The topological polar surface area (TPSA) is 129 Å². The standard InChI is InChI=1S/C16H19ClN4O.C4H4O4/c1-3-21(4-2)9-8-18-14-10-13-16(20-19-14)15-11(17)6-5-7-12(15)22-13;5-3(6)1-2-4(7)8/h5-7,10H,3-4,8-9H2,1-2H3,(H,18,19);1-2H,(H,5,6)(H,7,8)/b;2-1+. The zero-order chi connectivity index (χ0) is 22.1. The number of halogens is 1. The number of carboxylic acid groups (broad SMARTS) is 2. The number of carbonyl (C=O) groups is 2. The monoisotopic (exact) mass is 434 g/mol. The summed E-state index contributed by atoms with van der Waals surface area (Å²) in [5.41, 5.74) is 2.13. The number of nitrogens with one attached hydrogen (secondary N) is 1. The molecule has 0 radical (unpaired) electrons. The van der Waals surface area contributed by atoms with Crippen molar-refractivity contribution in [2.24, 2.45) is 0 Å². The molecule has 1 aromatic carbocycles. The average molecular weight is 435 g/mol. The number of aromatic nitrogens is 2. The van der Waals surface area contributed by atoms with E-state index in [4.69, 9.17) is 26.2 Å². The Morgan fingerprint density at radius 1 is 1.13 bits per heavy atom. The molecule has 0 amide bonds. The lowest BCUT2D eigenvalue weighted by molar-refractivity contribution is -0.134. The van der Waals surface area contributed by atoms with E-state index in [0.717, 1.165) is 43.0 Å². The lowest BCUT2D eigenvalue weighted by Crippen LogP contribution is -2.28. The highest BCUT2D eigenvalue weighted by atomic mass is 35.5. The second-order valence-electron chi connectivity index (χ2n) is 6.12. The Hall–Kier alpha value is -3.17. The molecule has 2 aromatic heterocycles. The van der Waals surface area contributed by atoms with Crippen LogP contribution in [0.25, 0.3) is 22.1 Å². The first-order valence-corrected chi connectivity index (χ1v) is 9.68. The molecule has 3 N–H and O–H groups in total. The van der Waals surface area contributed by atoms with Crippen molar-refractivity contribution < 1.29 is 24.2 Å². The third-order valence-electron chi connectivity index (χ3n) is 4.19. The minimum Gasteiger partial charge on any atom is -0.478 e. The van der Waals surface area contributed by atoms with Crippen molar-refractivity contribution >= 4 is 51.4 Å². The Labute approximate surface area is 177 Å². The van der Waals surface area contributed by atoms with Gasteiger partial charge in [-0.15, -0.1) is 10.2 Å². The van der Waals surface area contributed by atoms with Gasteiger partial charge >= 0.3 is 11.9 Å². The number of rotatable bonds is 8. The first-order valence-electron chi connectivity index (χ1n) is 9.30. The van der Waals surface area contributed by atoms with Gasteiger partial charge in [0, 0.05) is 31.3 Å². The van der Waals surface area contributed by atoms with E-state index >= 15 is 0 Å². The van der Waals surface area contributed by atoms with Gasteiger partial charge in [0.05, 0.1) is 10.4 Å². The van der Waals surface area contributed by atoms with Crippen molar-refractivity contribution in [2.45, 2.75) is 13.8 Å². The van der Waals surface area contributed by atoms with Crippen molar-refractivity contribution in [1.29, 1.82) is 0 Å². The largest absolute Gasteiger partial charge is 0.478 e. The van der Waals surface area contributed by atoms with E-state index in [1.807, 2.05) is 24.3 Å². The summed E-state index contributed by atoms with van der Waals surface area (Å²) in [5.74, 6) is -1.80. The molecule has 3 aromatic rings. The lowest BCUT2D eigenvalue weighted by atomic mass is 10.2. The average Bonchev–Trinajstić information content (AvgIpc) is 3.09. The van der Waals surface area contributed by atoms with E-state index in [-0.39, 0.29) is 0 Å². The fraction of sp³-hybridized carbons (Fsp3) is 0.300. The minimum absolute atomic E-state index is 0.558. The van der Waals surface area contributed by atoms with Crippen molar-refractivity contribution in [3.05, 3.63) is 41.4 Å². The van der Waals surface area contributed by atoms with Crippen molar-refractivity contribution in [2.75, 3.05) is 31.5 Å². The molecule has 0 aliphatic heterocycles. The van der Waals surface area contributed by atoms with E-state index in [1.54, 1.807) is 0 Å². The summed E-state index contributed by atoms with van der Waals surface area (Å²) < 4.78 is 5.81. The highest BCUT2D eigenvalue weighted by Crippen LogP contribution is 2.32. The third kappa shape index (κ3) is 6.43. The molecule has 0 spiro atoms. The molecule has 2 heterocycles. The molecule has 0 bridgehead atoms. The molecule has 0 aliphatic rings. The Balaban J connectivity index is 0.000000343. The first-order chi connectivity index (χ1) is 14.3. The second-order valence-corrected chi connectivity index (χ2v) is 6.53. The molecule has 10 heteroatoms. The molecule has 30 heavy (non-hydrogen) atoms. The van der Waals surface area contributed by atoms with Crippen LogP contribution in [0, 0.1) is 0 Å². The Morgan fingerprint density at radius 2 is 1.80 bits per heavy atom. The van der Waals surface area contributed by atoms with Gasteiger partial charge in [0.25, 0.3) is 0 Å². The van der Waals surface area contributed by atoms with E-state index in [9.17, 15) is 9.59 Å². The molecule has 0 saturated heterocycles. The summed E-state index contributed by atoms with van der Waals surface area (Å²) in [6, 6.07) is 7.46. The highest BCUT2D eigenvalue weighted by molar-refractivity contribution is 6.37. The van der Waals surface area contributed by atoms with Gasteiger partial charge in [-0.05, 0) is 25.2 Å². The number of nitrogens with zero attached hydrogens (tertiary/aromatic N) is 3. The predicted octanol–water partition coefficient (Wildman–Crippen LogP) is 3.49. The van der Waals surface area contributed by atoms with Crippen molar-refractivity contribution in [3.63, 3.8) is 0 Å². The van der Waals surface area contributed by atoms with Gasteiger partial charge in [-0.3, -0.25) is 0 Å². The molecule has 0 saturated carbocycles. The van der Waals surface area contributed by atoms with Gasteiger partial charge in [0.15, 0.2) is 11.4 Å². The van der Waals surface area contributed by atoms with Crippen molar-refractivity contribution in [1.82, 2.24) is 15.1 Å². The lowest BCUT2D eigenvalue weighted by Gasteiger charge is -2.17. The zero-order valence-corrected chi connectivity index (χ0v) is 17.4. The number of anilines is 1. The SMILES string of the molecule is CCN(CC)CCNc1cc2oc3cccc(Cl)c3c2nn1.O=C(O)/C=C/C(=O)O. The molecule has 0 unspecified atom stereocenters. The van der Waals surface area contributed by atoms with Crippen molar-refractivity contribution in [3.8, 4) is 0 Å². The summed E-state index contributed by atoms with van der Waals surface area (Å²) in [4.78, 5) is 21.5. The molecule has 3 rings (SSSR count). The van der Waals surface area contributed by atoms with Crippen LogP contribution in [0.4, 0.5) is 5.82 Å². The van der Waals surface area contributed by atoms with E-state index in [2.05, 4.69) is 34.3 Å². The first kappa shape index (κ1) is 23.1. The molecule has 0 aliphatic carbocycles. The molecule has 0 fully saturated rings. The molecule has 160 valence electrons. The molecular weight excluding hydrogens is 412 g/mol. The van der Waals surface area contributed by atoms with Crippen LogP contribution >= 0.6 is 11.6 Å². The highest BCUT2D eigenvalue weighted by Gasteiger charge is 2.12. The number of fused-ring (bicyclic) bond motifs is 3. The maximum absolute atomic E-state index is 9.55. The molecular formula is C20H23ClN4O5. The number of carboxylic acids is 2. The molecule has 9 nitrogen and oxygen atoms in total. The van der Waals surface area contributed by atoms with Crippen LogP contribution in [0.15, 0.2) is 40.8 Å². The fourth-order valence-electron chi connectivity index (χ4n) is 2.67. The summed E-state index contributed by atoms with van der Waals surface area (Å²) in [6.45, 7) is 8.21. The normalized spacial score (nSPS) is 11.1. The number of likely N-dealkylation sites (N-methyl/N-ethyl adjacent to an activating group) is 1. The van der Waals surface area contributed by atoms with Gasteiger partial charge < -0.3 is 24.8 Å². The minimum atomic E-state index is -1.26. The van der Waals surface area contributed by atoms with Gasteiger partial charge in [0.1, 0.15) is 11.1 Å². The zero-order valence-electron chi connectivity index (χ0n) is 16.6. The number of aliphatic carboxylic acids is 2. The van der Waals surface area contributed by atoms with Gasteiger partial charge in [-0.25, -0.2) is 9.59 Å². The second kappa shape index (κ2) is 11.1. The van der Waals surface area contributed by atoms with Gasteiger partial charge in [0.2, 0.25) is 0 Å².